The van der Waals surface area contributed by atoms with Crippen LogP contribution in [0, 0.1) is 13.8 Å². The maximum atomic E-state index is 6.02. The van der Waals surface area contributed by atoms with Crippen molar-refractivity contribution >= 4 is 17.3 Å². The predicted molar refractivity (Wildman–Crippen MR) is 102 cm³/mol. The van der Waals surface area contributed by atoms with Crippen molar-refractivity contribution in [1.82, 2.24) is 15.6 Å². The van der Waals surface area contributed by atoms with Crippen LogP contribution in [-0.4, -0.2) is 36.7 Å². The number of ether oxygens (including phenoxy) is 1. The minimum absolute atomic E-state index is 0.454. The molecule has 0 radical (unpaired) electrons. The fraction of sp³-hybridized carbons (Fsp3) is 0.778. The predicted octanol–water partition coefficient (Wildman–Crippen LogP) is 3.55. The molecular formula is C18H32N4OS. The first-order chi connectivity index (χ1) is 11.7. The van der Waals surface area contributed by atoms with Crippen molar-refractivity contribution in [3.63, 3.8) is 0 Å². The van der Waals surface area contributed by atoms with E-state index in [0.717, 1.165) is 36.4 Å². The van der Waals surface area contributed by atoms with Crippen LogP contribution in [0.3, 0.4) is 0 Å². The highest BCUT2D eigenvalue weighted by atomic mass is 32.1. The van der Waals surface area contributed by atoms with E-state index >= 15 is 0 Å². The Morgan fingerprint density at radius 2 is 1.96 bits per heavy atom. The maximum Gasteiger partial charge on any atom is 0.191 e. The highest BCUT2D eigenvalue weighted by Gasteiger charge is 2.12. The summed E-state index contributed by atoms with van der Waals surface area (Å²) in [7, 11) is 0. The Morgan fingerprint density at radius 3 is 2.58 bits per heavy atom. The summed E-state index contributed by atoms with van der Waals surface area (Å²) in [5.41, 5.74) is 1.11. The van der Waals surface area contributed by atoms with E-state index in [2.05, 4.69) is 34.5 Å². The van der Waals surface area contributed by atoms with Gasteiger partial charge in [-0.05, 0) is 33.6 Å². The van der Waals surface area contributed by atoms with Gasteiger partial charge in [-0.15, -0.1) is 11.3 Å². The molecule has 1 aliphatic carbocycles. The first-order valence-electron chi connectivity index (χ1n) is 9.25. The van der Waals surface area contributed by atoms with Crippen molar-refractivity contribution in [1.29, 1.82) is 0 Å². The standard InChI is InChI=1S/C18H32N4OS/c1-4-19-18(21-13-17-22-14(2)15(3)24-17)20-11-12-23-16-9-7-5-6-8-10-16/h16H,4-13H2,1-3H3,(H2,19,20,21). The van der Waals surface area contributed by atoms with Crippen molar-refractivity contribution in [2.24, 2.45) is 4.99 Å². The third-order valence-corrected chi connectivity index (χ3v) is 5.40. The van der Waals surface area contributed by atoms with Crippen LogP contribution in [-0.2, 0) is 11.3 Å². The van der Waals surface area contributed by atoms with E-state index in [1.54, 1.807) is 11.3 Å². The van der Waals surface area contributed by atoms with Crippen molar-refractivity contribution < 1.29 is 4.74 Å². The molecule has 0 atom stereocenters. The molecule has 0 spiro atoms. The number of aromatic nitrogens is 1. The highest BCUT2D eigenvalue weighted by molar-refractivity contribution is 7.11. The lowest BCUT2D eigenvalue weighted by Crippen LogP contribution is -2.39. The van der Waals surface area contributed by atoms with Crippen LogP contribution in [0.2, 0.25) is 0 Å². The average molecular weight is 353 g/mol. The van der Waals surface area contributed by atoms with Gasteiger partial charge in [0, 0.05) is 18.0 Å². The van der Waals surface area contributed by atoms with Crippen LogP contribution >= 0.6 is 11.3 Å². The monoisotopic (exact) mass is 352 g/mol. The zero-order chi connectivity index (χ0) is 17.2. The van der Waals surface area contributed by atoms with E-state index < -0.39 is 0 Å². The Kier molecular flexibility index (Phi) is 8.53. The quantitative estimate of drug-likeness (QED) is 0.341. The third-order valence-electron chi connectivity index (χ3n) is 4.34. The fourth-order valence-electron chi connectivity index (χ4n) is 2.90. The number of thiazole rings is 1. The minimum Gasteiger partial charge on any atom is -0.376 e. The van der Waals surface area contributed by atoms with Crippen LogP contribution in [0.5, 0.6) is 0 Å². The molecule has 2 N–H and O–H groups in total. The lowest BCUT2D eigenvalue weighted by molar-refractivity contribution is 0.0468. The summed E-state index contributed by atoms with van der Waals surface area (Å²) >= 11 is 1.73. The van der Waals surface area contributed by atoms with E-state index in [1.165, 1.54) is 43.4 Å². The van der Waals surface area contributed by atoms with Gasteiger partial charge in [-0.1, -0.05) is 25.7 Å². The number of nitrogens with one attached hydrogen (secondary N) is 2. The molecule has 1 aliphatic rings. The van der Waals surface area contributed by atoms with Gasteiger partial charge in [-0.3, -0.25) is 0 Å². The van der Waals surface area contributed by atoms with E-state index in [1.807, 2.05) is 6.92 Å². The minimum atomic E-state index is 0.454. The lowest BCUT2D eigenvalue weighted by atomic mass is 10.1. The molecule has 5 nitrogen and oxygen atoms in total. The number of rotatable bonds is 7. The summed E-state index contributed by atoms with van der Waals surface area (Å²) < 4.78 is 6.02. The first-order valence-corrected chi connectivity index (χ1v) is 10.1. The number of guanidine groups is 1. The molecule has 0 bridgehead atoms. The van der Waals surface area contributed by atoms with Gasteiger partial charge in [0.25, 0.3) is 0 Å². The summed E-state index contributed by atoms with van der Waals surface area (Å²) in [4.78, 5) is 10.4. The second kappa shape index (κ2) is 10.7. The fourth-order valence-corrected chi connectivity index (χ4v) is 3.76. The van der Waals surface area contributed by atoms with Gasteiger partial charge < -0.3 is 15.4 Å². The molecule has 0 aromatic carbocycles. The van der Waals surface area contributed by atoms with Crippen LogP contribution in [0.15, 0.2) is 4.99 Å². The topological polar surface area (TPSA) is 58.5 Å². The Bertz CT molecular complexity index is 488. The van der Waals surface area contributed by atoms with E-state index in [9.17, 15) is 0 Å². The summed E-state index contributed by atoms with van der Waals surface area (Å²) in [5, 5.41) is 7.71. The molecule has 1 heterocycles. The number of aryl methyl sites for hydroxylation is 2. The second-order valence-electron chi connectivity index (χ2n) is 6.36. The SMILES string of the molecule is CCNC(=NCc1nc(C)c(C)s1)NCCOC1CCCCCC1. The molecule has 0 amide bonds. The molecule has 24 heavy (non-hydrogen) atoms. The van der Waals surface area contributed by atoms with Crippen LogP contribution < -0.4 is 10.6 Å². The van der Waals surface area contributed by atoms with Gasteiger partial charge in [0.15, 0.2) is 5.96 Å². The molecule has 1 saturated carbocycles. The Hall–Kier alpha value is -1.14. The maximum absolute atomic E-state index is 6.02. The summed E-state index contributed by atoms with van der Waals surface area (Å²) in [6.07, 6.45) is 8.25. The molecule has 0 saturated heterocycles. The number of hydrogen-bond acceptors (Lipinski definition) is 4. The molecule has 136 valence electrons. The smallest absolute Gasteiger partial charge is 0.191 e. The number of hydrogen-bond donors (Lipinski definition) is 2. The Labute approximate surface area is 150 Å². The van der Waals surface area contributed by atoms with Gasteiger partial charge in [-0.2, -0.15) is 0 Å². The van der Waals surface area contributed by atoms with Gasteiger partial charge >= 0.3 is 0 Å². The molecule has 0 unspecified atom stereocenters. The van der Waals surface area contributed by atoms with Gasteiger partial charge in [-0.25, -0.2) is 9.98 Å². The van der Waals surface area contributed by atoms with Crippen LogP contribution in [0.25, 0.3) is 0 Å². The van der Waals surface area contributed by atoms with Crippen molar-refractivity contribution in [3.8, 4) is 0 Å². The number of nitrogens with zero attached hydrogens (tertiary/aromatic N) is 2. The second-order valence-corrected chi connectivity index (χ2v) is 7.64. The van der Waals surface area contributed by atoms with Gasteiger partial charge in [0.1, 0.15) is 5.01 Å². The summed E-state index contributed by atoms with van der Waals surface area (Å²) in [5.74, 6) is 0.840. The highest BCUT2D eigenvalue weighted by Crippen LogP contribution is 2.19. The van der Waals surface area contributed by atoms with Gasteiger partial charge in [0.05, 0.1) is 24.9 Å². The van der Waals surface area contributed by atoms with Crippen LogP contribution in [0.4, 0.5) is 0 Å². The van der Waals surface area contributed by atoms with E-state index in [-0.39, 0.29) is 0 Å². The van der Waals surface area contributed by atoms with Crippen molar-refractivity contribution in [3.05, 3.63) is 15.6 Å². The van der Waals surface area contributed by atoms with Crippen molar-refractivity contribution in [2.45, 2.75) is 71.9 Å². The zero-order valence-corrected chi connectivity index (χ0v) is 16.2. The molecular weight excluding hydrogens is 320 g/mol. The Balaban J connectivity index is 1.72. The normalized spacial score (nSPS) is 16.9. The van der Waals surface area contributed by atoms with E-state index in [0.29, 0.717) is 12.6 Å². The van der Waals surface area contributed by atoms with E-state index in [4.69, 9.17) is 4.74 Å². The third kappa shape index (κ3) is 6.77. The molecule has 1 aromatic rings. The molecule has 6 heteroatoms. The number of aliphatic imine (C=N–C) groups is 1. The lowest BCUT2D eigenvalue weighted by Gasteiger charge is -2.16. The average Bonchev–Trinajstić information content (AvgIpc) is 2.77. The summed E-state index contributed by atoms with van der Waals surface area (Å²) in [6.45, 7) is 9.24. The molecule has 2 rings (SSSR count). The largest absolute Gasteiger partial charge is 0.376 e. The summed E-state index contributed by atoms with van der Waals surface area (Å²) in [6, 6.07) is 0. The molecule has 1 aromatic heterocycles. The Morgan fingerprint density at radius 1 is 1.21 bits per heavy atom. The molecule has 0 aliphatic heterocycles. The molecule has 1 fully saturated rings. The van der Waals surface area contributed by atoms with Gasteiger partial charge in [0.2, 0.25) is 0 Å². The van der Waals surface area contributed by atoms with Crippen LogP contribution in [0.1, 0.15) is 61.0 Å². The zero-order valence-electron chi connectivity index (χ0n) is 15.4. The first kappa shape index (κ1) is 19.2. The van der Waals surface area contributed by atoms with Crippen molar-refractivity contribution in [2.75, 3.05) is 19.7 Å².